The molecule has 5 nitrogen and oxygen atoms in total. The van der Waals surface area contributed by atoms with E-state index >= 15 is 0 Å². The van der Waals surface area contributed by atoms with Crippen LogP contribution in [0.4, 0.5) is 0 Å². The Morgan fingerprint density at radius 2 is 1.95 bits per heavy atom. The van der Waals surface area contributed by atoms with E-state index in [1.165, 1.54) is 0 Å². The van der Waals surface area contributed by atoms with Crippen molar-refractivity contribution in [3.63, 3.8) is 0 Å². The van der Waals surface area contributed by atoms with E-state index in [4.69, 9.17) is 9.78 Å². The van der Waals surface area contributed by atoms with E-state index in [0.717, 1.165) is 0 Å². The van der Waals surface area contributed by atoms with Crippen molar-refractivity contribution < 1.29 is 24.8 Å². The van der Waals surface area contributed by atoms with Crippen molar-refractivity contribution in [3.8, 4) is 5.75 Å². The maximum absolute atomic E-state index is 11.2. The molecule has 0 aromatic heterocycles. The van der Waals surface area contributed by atoms with Gasteiger partial charge in [0.2, 0.25) is 0 Å². The van der Waals surface area contributed by atoms with Crippen molar-refractivity contribution in [3.05, 3.63) is 28.8 Å². The number of aryl methyl sites for hydroxylation is 1. The average Bonchev–Trinajstić information content (AvgIpc) is 2.25. The fourth-order valence-corrected chi connectivity index (χ4v) is 2.15. The fourth-order valence-electron chi connectivity index (χ4n) is 2.15. The van der Waals surface area contributed by atoms with E-state index in [2.05, 4.69) is 0 Å². The number of hydrogen-bond donors (Lipinski definition) is 2. The first-order chi connectivity index (χ1) is 9.14. The van der Waals surface area contributed by atoms with Crippen LogP contribution in [0.3, 0.4) is 0 Å². The molecule has 0 aliphatic rings. The fraction of sp³-hybridized carbons (Fsp3) is 0.533. The van der Waals surface area contributed by atoms with Gasteiger partial charge in [-0.3, -0.25) is 0 Å². The maximum atomic E-state index is 11.2. The Balaban J connectivity index is 2.89. The zero-order valence-electron chi connectivity index (χ0n) is 12.6. The second-order valence-electron chi connectivity index (χ2n) is 5.67. The molecule has 1 aromatic carbocycles. The van der Waals surface area contributed by atoms with Crippen LogP contribution in [0.2, 0.25) is 0 Å². The van der Waals surface area contributed by atoms with Crippen molar-refractivity contribution >= 4 is 5.97 Å². The van der Waals surface area contributed by atoms with Crippen molar-refractivity contribution in [1.82, 2.24) is 0 Å². The Labute approximate surface area is 119 Å². The summed E-state index contributed by atoms with van der Waals surface area (Å²) in [5.74, 6) is -0.625. The number of aliphatic hydroxyl groups excluding tert-OH is 1. The number of aromatic carboxylic acids is 1. The van der Waals surface area contributed by atoms with Gasteiger partial charge < -0.3 is 15.1 Å². The largest absolute Gasteiger partial charge is 0.478 e. The van der Waals surface area contributed by atoms with Gasteiger partial charge in [-0.25, -0.2) is 4.79 Å². The predicted octanol–water partition coefficient (Wildman–Crippen LogP) is 2.86. The van der Waals surface area contributed by atoms with E-state index in [-0.39, 0.29) is 5.56 Å². The maximum Gasteiger partial charge on any atom is 0.336 e. The van der Waals surface area contributed by atoms with Crippen molar-refractivity contribution in [2.75, 3.05) is 0 Å². The van der Waals surface area contributed by atoms with Crippen molar-refractivity contribution in [1.29, 1.82) is 0 Å². The van der Waals surface area contributed by atoms with Crippen LogP contribution in [-0.2, 0) is 4.89 Å². The number of rotatable bonds is 6. The second-order valence-corrected chi connectivity index (χ2v) is 5.67. The predicted molar refractivity (Wildman–Crippen MR) is 75.0 cm³/mol. The van der Waals surface area contributed by atoms with Crippen LogP contribution in [0.25, 0.3) is 0 Å². The highest BCUT2D eigenvalue weighted by atomic mass is 17.2. The summed E-state index contributed by atoms with van der Waals surface area (Å²) in [4.78, 5) is 21.8. The van der Waals surface area contributed by atoms with Gasteiger partial charge in [0.15, 0.2) is 5.75 Å². The molecule has 1 aromatic rings. The smallest absolute Gasteiger partial charge is 0.336 e. The molecule has 0 saturated carbocycles. The van der Waals surface area contributed by atoms with Crippen molar-refractivity contribution in [2.45, 2.75) is 52.7 Å². The number of carboxylic acids is 1. The summed E-state index contributed by atoms with van der Waals surface area (Å²) in [5.41, 5.74) is 0.741. The Hall–Kier alpha value is -1.59. The van der Waals surface area contributed by atoms with E-state index in [1.807, 2.05) is 0 Å². The monoisotopic (exact) mass is 282 g/mol. The van der Waals surface area contributed by atoms with Gasteiger partial charge in [0.05, 0.1) is 11.7 Å². The van der Waals surface area contributed by atoms with Crippen LogP contribution in [0, 0.1) is 13.8 Å². The lowest BCUT2D eigenvalue weighted by Crippen LogP contribution is -2.30. The van der Waals surface area contributed by atoms with Gasteiger partial charge in [-0.15, -0.1) is 0 Å². The summed E-state index contributed by atoms with van der Waals surface area (Å²) in [5, 5.41) is 18.6. The topological polar surface area (TPSA) is 76.0 Å². The van der Waals surface area contributed by atoms with Gasteiger partial charge in [-0.05, 0) is 46.2 Å². The number of benzene rings is 1. The van der Waals surface area contributed by atoms with Crippen LogP contribution in [0.1, 0.15) is 48.7 Å². The number of carbonyl (C=O) groups is 1. The minimum absolute atomic E-state index is 0.222. The van der Waals surface area contributed by atoms with Crippen LogP contribution in [-0.4, -0.2) is 27.9 Å². The van der Waals surface area contributed by atoms with Gasteiger partial charge >= 0.3 is 5.97 Å². The van der Waals surface area contributed by atoms with Crippen LogP contribution >= 0.6 is 0 Å². The van der Waals surface area contributed by atoms with Crippen LogP contribution < -0.4 is 4.89 Å². The number of carboxylic acid groups (broad SMARTS) is 1. The molecule has 2 N–H and O–H groups in total. The van der Waals surface area contributed by atoms with Crippen molar-refractivity contribution in [2.24, 2.45) is 0 Å². The molecule has 0 bridgehead atoms. The highest BCUT2D eigenvalue weighted by Crippen LogP contribution is 2.27. The molecule has 1 unspecified atom stereocenters. The highest BCUT2D eigenvalue weighted by Gasteiger charge is 2.24. The summed E-state index contributed by atoms with van der Waals surface area (Å²) in [7, 11) is 0. The Morgan fingerprint density at radius 3 is 2.45 bits per heavy atom. The average molecular weight is 282 g/mol. The molecule has 0 heterocycles. The Kier molecular flexibility index (Phi) is 5.14. The molecule has 1 rings (SSSR count). The SMILES string of the molecule is Cc1ccc(OOC(C)(C)CC(C)O)c(C)c1C(=O)O. The quantitative estimate of drug-likeness (QED) is 0.620. The van der Waals surface area contributed by atoms with Gasteiger partial charge in [-0.2, -0.15) is 4.89 Å². The number of hydrogen-bond acceptors (Lipinski definition) is 4. The molecule has 0 amide bonds. The second kappa shape index (κ2) is 6.24. The summed E-state index contributed by atoms with van der Waals surface area (Å²) < 4.78 is 0. The summed E-state index contributed by atoms with van der Waals surface area (Å²) in [6.07, 6.45) is -0.105. The third kappa shape index (κ3) is 4.21. The van der Waals surface area contributed by atoms with Gasteiger partial charge in [0.1, 0.15) is 5.60 Å². The molecular formula is C15H22O5. The van der Waals surface area contributed by atoms with E-state index in [0.29, 0.717) is 23.3 Å². The zero-order valence-corrected chi connectivity index (χ0v) is 12.6. The van der Waals surface area contributed by atoms with E-state index in [1.54, 1.807) is 46.8 Å². The lowest BCUT2D eigenvalue weighted by atomic mass is 10.0. The molecule has 0 aliphatic carbocycles. The number of aliphatic hydroxyl groups is 1. The molecule has 0 radical (unpaired) electrons. The molecule has 1 atom stereocenters. The van der Waals surface area contributed by atoms with Crippen LogP contribution in [0.5, 0.6) is 5.75 Å². The lowest BCUT2D eigenvalue weighted by molar-refractivity contribution is -0.286. The first-order valence-electron chi connectivity index (χ1n) is 6.51. The van der Waals surface area contributed by atoms with E-state index in [9.17, 15) is 15.0 Å². The molecule has 0 spiro atoms. The lowest BCUT2D eigenvalue weighted by Gasteiger charge is -2.25. The molecule has 0 fully saturated rings. The first-order valence-corrected chi connectivity index (χ1v) is 6.51. The molecule has 20 heavy (non-hydrogen) atoms. The molecule has 0 aliphatic heterocycles. The zero-order chi connectivity index (χ0) is 15.5. The van der Waals surface area contributed by atoms with Gasteiger partial charge in [0, 0.05) is 12.0 Å². The standard InChI is InChI=1S/C15H22O5/c1-9-6-7-12(11(3)13(9)14(17)18)19-20-15(4,5)8-10(2)16/h6-7,10,16H,8H2,1-5H3,(H,17,18). The minimum Gasteiger partial charge on any atom is -0.478 e. The summed E-state index contributed by atoms with van der Waals surface area (Å²) in [6.45, 7) is 8.67. The van der Waals surface area contributed by atoms with E-state index < -0.39 is 17.7 Å². The Bertz CT molecular complexity index is 491. The Morgan fingerprint density at radius 1 is 1.35 bits per heavy atom. The molecule has 0 saturated heterocycles. The summed E-state index contributed by atoms with van der Waals surface area (Å²) >= 11 is 0. The molecule has 112 valence electrons. The highest BCUT2D eigenvalue weighted by molar-refractivity contribution is 5.91. The minimum atomic E-state index is -0.992. The van der Waals surface area contributed by atoms with Gasteiger partial charge in [-0.1, -0.05) is 6.07 Å². The van der Waals surface area contributed by atoms with Crippen LogP contribution in [0.15, 0.2) is 12.1 Å². The summed E-state index contributed by atoms with van der Waals surface area (Å²) in [6, 6.07) is 3.35. The first kappa shape index (κ1) is 16.5. The normalized spacial score (nSPS) is 13.1. The third-order valence-electron chi connectivity index (χ3n) is 2.98. The molecule has 5 heteroatoms. The van der Waals surface area contributed by atoms with Gasteiger partial charge in [0.25, 0.3) is 0 Å². The molecular weight excluding hydrogens is 260 g/mol. The third-order valence-corrected chi connectivity index (χ3v) is 2.98.